The van der Waals surface area contributed by atoms with Gasteiger partial charge in [-0.1, -0.05) is 18.2 Å². The fraction of sp³-hybridized carbons (Fsp3) is 0.222. The number of hydrogen-bond donors (Lipinski definition) is 3. The van der Waals surface area contributed by atoms with E-state index in [4.69, 9.17) is 5.11 Å². The second-order valence-electron chi connectivity index (χ2n) is 5.52. The van der Waals surface area contributed by atoms with Crippen LogP contribution in [0.4, 0.5) is 10.1 Å². The molecule has 2 aromatic rings. The van der Waals surface area contributed by atoms with Crippen LogP contribution in [0.1, 0.15) is 33.2 Å². The highest BCUT2D eigenvalue weighted by Gasteiger charge is 2.14. The molecule has 0 heterocycles. The van der Waals surface area contributed by atoms with Crippen LogP contribution in [0.25, 0.3) is 0 Å². The standard InChI is InChI=1S/C18H19FN2O3/c1-11-7-8-13(17(23)20-12(2)10-22)9-16(11)21-18(24)14-5-3-4-6-15(14)19/h3-9,12,22H,10H2,1-2H3,(H,20,23)(H,21,24). The van der Waals surface area contributed by atoms with Gasteiger partial charge < -0.3 is 15.7 Å². The van der Waals surface area contributed by atoms with Crippen molar-refractivity contribution in [2.45, 2.75) is 19.9 Å². The normalized spacial score (nSPS) is 11.7. The SMILES string of the molecule is Cc1ccc(C(=O)NC(C)CO)cc1NC(=O)c1ccccc1F. The molecular formula is C18H19FN2O3. The first-order chi connectivity index (χ1) is 11.4. The second kappa shape index (κ2) is 7.70. The van der Waals surface area contributed by atoms with Crippen molar-refractivity contribution in [2.24, 2.45) is 0 Å². The first kappa shape index (κ1) is 17.6. The molecule has 5 nitrogen and oxygen atoms in total. The van der Waals surface area contributed by atoms with E-state index >= 15 is 0 Å². The average molecular weight is 330 g/mol. The van der Waals surface area contributed by atoms with Crippen molar-refractivity contribution in [3.05, 3.63) is 65.0 Å². The molecule has 6 heteroatoms. The Kier molecular flexibility index (Phi) is 5.65. The van der Waals surface area contributed by atoms with Crippen LogP contribution in [0, 0.1) is 12.7 Å². The van der Waals surface area contributed by atoms with E-state index in [1.807, 2.05) is 0 Å². The van der Waals surface area contributed by atoms with Crippen LogP contribution in [0.3, 0.4) is 0 Å². The van der Waals surface area contributed by atoms with E-state index in [2.05, 4.69) is 10.6 Å². The molecule has 2 amide bonds. The maximum Gasteiger partial charge on any atom is 0.258 e. The molecule has 0 bridgehead atoms. The predicted molar refractivity (Wildman–Crippen MR) is 89.5 cm³/mol. The van der Waals surface area contributed by atoms with Crippen molar-refractivity contribution in [3.8, 4) is 0 Å². The fourth-order valence-corrected chi connectivity index (χ4v) is 2.09. The third kappa shape index (κ3) is 4.17. The van der Waals surface area contributed by atoms with Crippen LogP contribution in [0.2, 0.25) is 0 Å². The van der Waals surface area contributed by atoms with E-state index in [-0.39, 0.29) is 24.1 Å². The summed E-state index contributed by atoms with van der Waals surface area (Å²) < 4.78 is 13.7. The molecule has 1 unspecified atom stereocenters. The first-order valence-electron chi connectivity index (χ1n) is 7.50. The van der Waals surface area contributed by atoms with Crippen LogP contribution in [0.5, 0.6) is 0 Å². The summed E-state index contributed by atoms with van der Waals surface area (Å²) in [6.45, 7) is 3.27. The maximum absolute atomic E-state index is 13.7. The molecule has 0 radical (unpaired) electrons. The number of anilines is 1. The minimum atomic E-state index is -0.613. The predicted octanol–water partition coefficient (Wildman–Crippen LogP) is 2.50. The highest BCUT2D eigenvalue weighted by atomic mass is 19.1. The zero-order chi connectivity index (χ0) is 17.7. The highest BCUT2D eigenvalue weighted by Crippen LogP contribution is 2.19. The average Bonchev–Trinajstić information content (AvgIpc) is 2.56. The van der Waals surface area contributed by atoms with Crippen LogP contribution in [-0.4, -0.2) is 29.6 Å². The Bertz CT molecular complexity index is 762. The number of halogens is 1. The lowest BCUT2D eigenvalue weighted by Crippen LogP contribution is -2.35. The number of aliphatic hydroxyl groups is 1. The van der Waals surface area contributed by atoms with Crippen molar-refractivity contribution < 1.29 is 19.1 Å². The molecule has 0 aliphatic carbocycles. The Morgan fingerprint density at radius 3 is 2.54 bits per heavy atom. The summed E-state index contributed by atoms with van der Waals surface area (Å²) >= 11 is 0. The zero-order valence-electron chi connectivity index (χ0n) is 13.5. The Balaban J connectivity index is 2.21. The molecule has 0 aliphatic rings. The zero-order valence-corrected chi connectivity index (χ0v) is 13.5. The monoisotopic (exact) mass is 330 g/mol. The lowest BCUT2D eigenvalue weighted by molar-refractivity contribution is 0.0921. The molecule has 0 saturated heterocycles. The van der Waals surface area contributed by atoms with Gasteiger partial charge in [-0.3, -0.25) is 9.59 Å². The summed E-state index contributed by atoms with van der Waals surface area (Å²) in [6.07, 6.45) is 0. The molecule has 2 rings (SSSR count). The van der Waals surface area contributed by atoms with E-state index < -0.39 is 11.7 Å². The van der Waals surface area contributed by atoms with Crippen molar-refractivity contribution in [2.75, 3.05) is 11.9 Å². The van der Waals surface area contributed by atoms with E-state index in [0.29, 0.717) is 11.3 Å². The van der Waals surface area contributed by atoms with Crippen LogP contribution >= 0.6 is 0 Å². The number of aliphatic hydroxyl groups excluding tert-OH is 1. The fourth-order valence-electron chi connectivity index (χ4n) is 2.09. The minimum Gasteiger partial charge on any atom is -0.394 e. The van der Waals surface area contributed by atoms with Gasteiger partial charge in [0.05, 0.1) is 12.2 Å². The van der Waals surface area contributed by atoms with E-state index in [0.717, 1.165) is 5.56 Å². The number of rotatable bonds is 5. The van der Waals surface area contributed by atoms with E-state index in [1.165, 1.54) is 24.3 Å². The summed E-state index contributed by atoms with van der Waals surface area (Å²) in [5.74, 6) is -1.56. The largest absolute Gasteiger partial charge is 0.394 e. The number of benzene rings is 2. The second-order valence-corrected chi connectivity index (χ2v) is 5.52. The lowest BCUT2D eigenvalue weighted by Gasteiger charge is -2.13. The molecular weight excluding hydrogens is 311 g/mol. The number of aryl methyl sites for hydroxylation is 1. The van der Waals surface area contributed by atoms with Crippen molar-refractivity contribution in [1.29, 1.82) is 0 Å². The van der Waals surface area contributed by atoms with Gasteiger partial charge in [-0.15, -0.1) is 0 Å². The van der Waals surface area contributed by atoms with Gasteiger partial charge in [0.25, 0.3) is 11.8 Å². The van der Waals surface area contributed by atoms with E-state index in [1.54, 1.807) is 32.0 Å². The molecule has 1 atom stereocenters. The highest BCUT2D eigenvalue weighted by molar-refractivity contribution is 6.05. The third-order valence-corrected chi connectivity index (χ3v) is 3.52. The van der Waals surface area contributed by atoms with Gasteiger partial charge >= 0.3 is 0 Å². The maximum atomic E-state index is 13.7. The molecule has 0 spiro atoms. The first-order valence-corrected chi connectivity index (χ1v) is 7.50. The number of amides is 2. The van der Waals surface area contributed by atoms with Gasteiger partial charge in [0.2, 0.25) is 0 Å². The van der Waals surface area contributed by atoms with Crippen molar-refractivity contribution >= 4 is 17.5 Å². The summed E-state index contributed by atoms with van der Waals surface area (Å²) in [5.41, 5.74) is 1.43. The van der Waals surface area contributed by atoms with E-state index in [9.17, 15) is 14.0 Å². The quantitative estimate of drug-likeness (QED) is 0.788. The summed E-state index contributed by atoms with van der Waals surface area (Å²) in [4.78, 5) is 24.3. The van der Waals surface area contributed by atoms with Gasteiger partial charge in [0, 0.05) is 17.3 Å². The molecule has 2 aromatic carbocycles. The van der Waals surface area contributed by atoms with Gasteiger partial charge in [-0.25, -0.2) is 4.39 Å². The van der Waals surface area contributed by atoms with Crippen LogP contribution in [0.15, 0.2) is 42.5 Å². The number of hydrogen-bond acceptors (Lipinski definition) is 3. The molecule has 3 N–H and O–H groups in total. The minimum absolute atomic E-state index is 0.0688. The molecule has 0 fully saturated rings. The Hall–Kier alpha value is -2.73. The summed E-state index contributed by atoms with van der Waals surface area (Å²) in [5, 5.41) is 14.2. The lowest BCUT2D eigenvalue weighted by atomic mass is 10.1. The molecule has 126 valence electrons. The Morgan fingerprint density at radius 2 is 1.88 bits per heavy atom. The Labute approximate surface area is 139 Å². The number of carbonyl (C=O) groups is 2. The van der Waals surface area contributed by atoms with Crippen LogP contribution in [-0.2, 0) is 0 Å². The van der Waals surface area contributed by atoms with Crippen molar-refractivity contribution in [3.63, 3.8) is 0 Å². The van der Waals surface area contributed by atoms with Crippen molar-refractivity contribution in [1.82, 2.24) is 5.32 Å². The third-order valence-electron chi connectivity index (χ3n) is 3.52. The topological polar surface area (TPSA) is 78.4 Å². The molecule has 0 aliphatic heterocycles. The summed E-state index contributed by atoms with van der Waals surface area (Å²) in [7, 11) is 0. The summed E-state index contributed by atoms with van der Waals surface area (Å²) in [6, 6.07) is 10.1. The number of nitrogens with one attached hydrogen (secondary N) is 2. The van der Waals surface area contributed by atoms with Gasteiger partial charge in [-0.05, 0) is 43.7 Å². The molecule has 0 saturated carbocycles. The Morgan fingerprint density at radius 1 is 1.17 bits per heavy atom. The van der Waals surface area contributed by atoms with Gasteiger partial charge in [0.15, 0.2) is 0 Å². The van der Waals surface area contributed by atoms with Gasteiger partial charge in [-0.2, -0.15) is 0 Å². The molecule has 0 aromatic heterocycles. The van der Waals surface area contributed by atoms with Crippen LogP contribution < -0.4 is 10.6 Å². The van der Waals surface area contributed by atoms with Gasteiger partial charge in [0.1, 0.15) is 5.82 Å². The molecule has 24 heavy (non-hydrogen) atoms. The number of carbonyl (C=O) groups excluding carboxylic acids is 2. The smallest absolute Gasteiger partial charge is 0.258 e.